The minimum absolute atomic E-state index is 0.00463. The van der Waals surface area contributed by atoms with E-state index in [1.54, 1.807) is 12.1 Å². The molecule has 0 aliphatic heterocycles. The molecule has 0 aliphatic carbocycles. The molecule has 0 saturated heterocycles. The topological polar surface area (TPSA) is 40.5 Å². The number of rotatable bonds is 1. The third kappa shape index (κ3) is 1.08. The summed E-state index contributed by atoms with van der Waals surface area (Å²) in [6, 6.07) is 4.97. The maximum absolute atomic E-state index is 9.15. The monoisotopic (exact) mass is 136 g/mol. The van der Waals surface area contributed by atoms with E-state index >= 15 is 0 Å². The zero-order chi connectivity index (χ0) is 7.56. The van der Waals surface area contributed by atoms with Crippen LogP contribution in [0.15, 0.2) is 18.2 Å². The molecule has 0 fully saturated rings. The van der Waals surface area contributed by atoms with Crippen molar-refractivity contribution in [2.24, 2.45) is 0 Å². The van der Waals surface area contributed by atoms with Gasteiger partial charge in [-0.3, -0.25) is 0 Å². The predicted octanol–water partition coefficient (Wildman–Crippen LogP) is 0.208. The van der Waals surface area contributed by atoms with E-state index in [2.05, 4.69) is 0 Å². The van der Waals surface area contributed by atoms with Crippen LogP contribution in [0.2, 0.25) is 6.82 Å². The summed E-state index contributed by atoms with van der Waals surface area (Å²) < 4.78 is 0. The van der Waals surface area contributed by atoms with Crippen LogP contribution in [0.4, 0.5) is 0 Å². The average molecular weight is 136 g/mol. The summed E-state index contributed by atoms with van der Waals surface area (Å²) in [6.07, 6.45) is 0. The Morgan fingerprint density at radius 2 is 2.00 bits per heavy atom. The van der Waals surface area contributed by atoms with Crippen molar-refractivity contribution >= 4 is 12.7 Å². The first-order chi connectivity index (χ1) is 4.75. The normalized spacial score (nSPS) is 9.30. The van der Waals surface area contributed by atoms with Crippen molar-refractivity contribution < 1.29 is 10.2 Å². The Morgan fingerprint density at radius 3 is 2.50 bits per heavy atom. The summed E-state index contributed by atoms with van der Waals surface area (Å²) in [5.41, 5.74) is 0.778. The largest absolute Gasteiger partial charge is 0.505 e. The second-order valence-corrected chi connectivity index (χ2v) is 2.14. The predicted molar refractivity (Wildman–Crippen MR) is 42.4 cm³/mol. The fourth-order valence-corrected chi connectivity index (χ4v) is 0.863. The Labute approximate surface area is 60.4 Å². The van der Waals surface area contributed by atoms with E-state index < -0.39 is 0 Å². The summed E-state index contributed by atoms with van der Waals surface area (Å²) in [5, 5.41) is 18.1. The number of para-hydroxylation sites is 1. The Kier molecular flexibility index (Phi) is 1.85. The van der Waals surface area contributed by atoms with Crippen molar-refractivity contribution in [1.82, 2.24) is 0 Å². The molecule has 2 nitrogen and oxygen atoms in total. The van der Waals surface area contributed by atoms with Crippen LogP contribution in [0.25, 0.3) is 0 Å². The lowest BCUT2D eigenvalue weighted by atomic mass is 9.73. The van der Waals surface area contributed by atoms with Crippen molar-refractivity contribution in [3.8, 4) is 11.5 Å². The van der Waals surface area contributed by atoms with Gasteiger partial charge in [0.2, 0.25) is 0 Å². The number of benzene rings is 1. The van der Waals surface area contributed by atoms with Gasteiger partial charge in [0.05, 0.1) is 0 Å². The van der Waals surface area contributed by atoms with Crippen LogP contribution < -0.4 is 5.46 Å². The average Bonchev–Trinajstić information content (AvgIpc) is 1.95. The molecule has 0 atom stereocenters. The van der Waals surface area contributed by atoms with Crippen molar-refractivity contribution in [3.63, 3.8) is 0 Å². The van der Waals surface area contributed by atoms with E-state index in [9.17, 15) is 0 Å². The van der Waals surface area contributed by atoms with Crippen LogP contribution in [0.3, 0.4) is 0 Å². The molecule has 0 radical (unpaired) electrons. The van der Waals surface area contributed by atoms with Crippen molar-refractivity contribution in [2.45, 2.75) is 6.82 Å². The van der Waals surface area contributed by atoms with E-state index in [0.29, 0.717) is 0 Å². The van der Waals surface area contributed by atoms with Gasteiger partial charge in [-0.2, -0.15) is 0 Å². The van der Waals surface area contributed by atoms with Crippen molar-refractivity contribution in [2.75, 3.05) is 0 Å². The maximum atomic E-state index is 9.15. The third-order valence-corrected chi connectivity index (χ3v) is 1.48. The first-order valence-corrected chi connectivity index (χ1v) is 3.25. The highest BCUT2D eigenvalue weighted by molar-refractivity contribution is 6.53. The van der Waals surface area contributed by atoms with Gasteiger partial charge in [0.15, 0.2) is 18.8 Å². The Morgan fingerprint density at radius 1 is 1.30 bits per heavy atom. The van der Waals surface area contributed by atoms with Gasteiger partial charge in [-0.1, -0.05) is 19.0 Å². The van der Waals surface area contributed by atoms with Crippen LogP contribution in [-0.2, 0) is 0 Å². The second kappa shape index (κ2) is 2.65. The van der Waals surface area contributed by atoms with Gasteiger partial charge >= 0.3 is 0 Å². The fraction of sp³-hybridized carbons (Fsp3) is 0.143. The summed E-state index contributed by atoms with van der Waals surface area (Å²) >= 11 is 0. The standard InChI is InChI=1S/C7H9BO2/c1-8-5-3-2-4-6(9)7(5)10/h2-4,8-10H,1H3. The van der Waals surface area contributed by atoms with Gasteiger partial charge in [0.1, 0.15) is 0 Å². The molecule has 0 amide bonds. The number of aromatic hydroxyl groups is 2. The van der Waals surface area contributed by atoms with E-state index in [1.165, 1.54) is 6.07 Å². The van der Waals surface area contributed by atoms with Crippen molar-refractivity contribution in [3.05, 3.63) is 18.2 Å². The zero-order valence-corrected chi connectivity index (χ0v) is 5.83. The molecule has 0 unspecified atom stereocenters. The first kappa shape index (κ1) is 7.00. The first-order valence-electron chi connectivity index (χ1n) is 3.25. The van der Waals surface area contributed by atoms with Gasteiger partial charge in [-0.05, 0) is 11.5 Å². The molecule has 1 aromatic carbocycles. The number of phenols is 2. The number of hydrogen-bond acceptors (Lipinski definition) is 2. The van der Waals surface area contributed by atoms with Gasteiger partial charge in [0, 0.05) is 0 Å². The van der Waals surface area contributed by atoms with Crippen LogP contribution >= 0.6 is 0 Å². The lowest BCUT2D eigenvalue weighted by molar-refractivity contribution is 0.406. The molecule has 0 spiro atoms. The van der Waals surface area contributed by atoms with Gasteiger partial charge < -0.3 is 10.2 Å². The van der Waals surface area contributed by atoms with Gasteiger partial charge in [-0.25, -0.2) is 0 Å². The highest BCUT2D eigenvalue weighted by Crippen LogP contribution is 2.19. The van der Waals surface area contributed by atoms with Crippen LogP contribution in [0.5, 0.6) is 11.5 Å². The SMILES string of the molecule is CBc1cccc(O)c1O. The van der Waals surface area contributed by atoms with Crippen LogP contribution in [0, 0.1) is 0 Å². The summed E-state index contributed by atoms with van der Waals surface area (Å²) in [6.45, 7) is 1.93. The van der Waals surface area contributed by atoms with E-state index in [4.69, 9.17) is 10.2 Å². The maximum Gasteiger partial charge on any atom is 0.159 e. The minimum Gasteiger partial charge on any atom is -0.505 e. The Balaban J connectivity index is 3.14. The molecule has 0 aromatic heterocycles. The van der Waals surface area contributed by atoms with Crippen molar-refractivity contribution in [1.29, 1.82) is 0 Å². The van der Waals surface area contributed by atoms with Gasteiger partial charge in [0.25, 0.3) is 0 Å². The number of phenolic OH excluding ortho intramolecular Hbond substituents is 2. The van der Waals surface area contributed by atoms with E-state index in [-0.39, 0.29) is 11.5 Å². The molecule has 1 aromatic rings. The Bertz CT molecular complexity index is 235. The molecule has 1 rings (SSSR count). The minimum atomic E-state index is -0.0423. The second-order valence-electron chi connectivity index (χ2n) is 2.14. The molecule has 0 bridgehead atoms. The van der Waals surface area contributed by atoms with Crippen LogP contribution in [-0.4, -0.2) is 17.5 Å². The smallest absolute Gasteiger partial charge is 0.159 e. The molecule has 10 heavy (non-hydrogen) atoms. The molecule has 2 N–H and O–H groups in total. The highest BCUT2D eigenvalue weighted by Gasteiger charge is 2.02. The summed E-state index contributed by atoms with van der Waals surface area (Å²) in [5.74, 6) is -0.0376. The molecule has 0 saturated carbocycles. The Hall–Kier alpha value is -1.12. The number of hydrogen-bond donors (Lipinski definition) is 2. The van der Waals surface area contributed by atoms with Gasteiger partial charge in [-0.15, -0.1) is 0 Å². The molecule has 3 heteroatoms. The molecular formula is C7H9BO2. The molecule has 0 aliphatic rings. The quantitative estimate of drug-likeness (QED) is 0.427. The lowest BCUT2D eigenvalue weighted by Crippen LogP contribution is -2.09. The summed E-state index contributed by atoms with van der Waals surface area (Å²) in [4.78, 5) is 0. The molecule has 0 heterocycles. The zero-order valence-electron chi connectivity index (χ0n) is 5.83. The fourth-order valence-electron chi connectivity index (χ4n) is 0.863. The third-order valence-electron chi connectivity index (χ3n) is 1.48. The lowest BCUT2D eigenvalue weighted by Gasteiger charge is -2.00. The summed E-state index contributed by atoms with van der Waals surface area (Å²) in [7, 11) is 0.736. The molecule has 52 valence electrons. The molecular weight excluding hydrogens is 127 g/mol. The highest BCUT2D eigenvalue weighted by atomic mass is 16.3. The van der Waals surface area contributed by atoms with E-state index in [0.717, 1.165) is 12.7 Å². The van der Waals surface area contributed by atoms with E-state index in [1.807, 2.05) is 6.82 Å². The van der Waals surface area contributed by atoms with Crippen LogP contribution in [0.1, 0.15) is 0 Å².